The predicted octanol–water partition coefficient (Wildman–Crippen LogP) is 3.35. The maximum Gasteiger partial charge on any atom is 0.157 e. The number of ether oxygens (including phenoxy) is 2. The van der Waals surface area contributed by atoms with Crippen LogP contribution in [0.4, 0.5) is 0 Å². The maximum atomic E-state index is 5.97. The average molecular weight is 298 g/mol. The van der Waals surface area contributed by atoms with E-state index >= 15 is 0 Å². The first kappa shape index (κ1) is 15.1. The Balaban J connectivity index is 1.66. The van der Waals surface area contributed by atoms with Crippen LogP contribution in [-0.2, 0) is 15.9 Å². The number of nitrogens with zero attached hydrogens (tertiary/aromatic N) is 2. The summed E-state index contributed by atoms with van der Waals surface area (Å²) in [5.74, 6) is 0.983. The van der Waals surface area contributed by atoms with Gasteiger partial charge in [-0.15, -0.1) is 0 Å². The summed E-state index contributed by atoms with van der Waals surface area (Å²) in [6.07, 6.45) is 7.67. The van der Waals surface area contributed by atoms with E-state index < -0.39 is 0 Å². The van der Waals surface area contributed by atoms with E-state index in [4.69, 9.17) is 9.47 Å². The predicted molar refractivity (Wildman–Crippen MR) is 84.5 cm³/mol. The molecule has 0 saturated carbocycles. The fourth-order valence-corrected chi connectivity index (χ4v) is 2.71. The molecule has 4 heteroatoms. The Morgan fingerprint density at radius 3 is 2.64 bits per heavy atom. The summed E-state index contributed by atoms with van der Waals surface area (Å²) in [4.78, 5) is 8.81. The van der Waals surface area contributed by atoms with Crippen molar-refractivity contribution >= 4 is 0 Å². The van der Waals surface area contributed by atoms with Crippen LogP contribution in [0.15, 0.2) is 48.8 Å². The lowest BCUT2D eigenvalue weighted by Crippen LogP contribution is -2.25. The summed E-state index contributed by atoms with van der Waals surface area (Å²) in [7, 11) is 0. The molecule has 1 fully saturated rings. The van der Waals surface area contributed by atoms with E-state index in [1.807, 2.05) is 12.1 Å². The first-order valence-corrected chi connectivity index (χ1v) is 7.96. The number of benzene rings is 1. The van der Waals surface area contributed by atoms with Gasteiger partial charge in [-0.05, 0) is 37.3 Å². The van der Waals surface area contributed by atoms with Crippen LogP contribution in [0.5, 0.6) is 0 Å². The van der Waals surface area contributed by atoms with Gasteiger partial charge in [-0.3, -0.25) is 0 Å². The molecule has 1 aromatic heterocycles. The molecule has 1 aliphatic heterocycles. The van der Waals surface area contributed by atoms with E-state index in [0.29, 0.717) is 6.61 Å². The summed E-state index contributed by atoms with van der Waals surface area (Å²) >= 11 is 0. The number of rotatable bonds is 6. The molecule has 22 heavy (non-hydrogen) atoms. The van der Waals surface area contributed by atoms with Crippen LogP contribution in [0, 0.1) is 0 Å². The van der Waals surface area contributed by atoms with Crippen molar-refractivity contribution in [2.75, 3.05) is 13.2 Å². The van der Waals surface area contributed by atoms with Crippen molar-refractivity contribution in [2.24, 2.45) is 0 Å². The van der Waals surface area contributed by atoms with Gasteiger partial charge in [-0.1, -0.05) is 30.3 Å². The topological polar surface area (TPSA) is 44.2 Å². The van der Waals surface area contributed by atoms with E-state index in [9.17, 15) is 0 Å². The third-order valence-electron chi connectivity index (χ3n) is 3.90. The second-order valence-corrected chi connectivity index (χ2v) is 5.62. The van der Waals surface area contributed by atoms with Crippen LogP contribution >= 0.6 is 0 Å². The zero-order valence-electron chi connectivity index (χ0n) is 12.7. The molecule has 0 amide bonds. The molecule has 2 aromatic rings. The standard InChI is InChI=1S/C18H22N2O2/c1-2-7-15(8-3-1)13-16(18-19-10-6-11-20-18)14-22-17-9-4-5-12-21-17/h1-3,6-8,10-11,16-17H,4-5,9,12-14H2. The molecular weight excluding hydrogens is 276 g/mol. The van der Waals surface area contributed by atoms with Crippen LogP contribution in [0.25, 0.3) is 0 Å². The molecule has 0 radical (unpaired) electrons. The lowest BCUT2D eigenvalue weighted by atomic mass is 9.99. The van der Waals surface area contributed by atoms with Gasteiger partial charge < -0.3 is 9.47 Å². The Morgan fingerprint density at radius 2 is 1.91 bits per heavy atom. The molecule has 1 saturated heterocycles. The van der Waals surface area contributed by atoms with Crippen molar-refractivity contribution in [3.8, 4) is 0 Å². The van der Waals surface area contributed by atoms with Gasteiger partial charge in [0.1, 0.15) is 5.82 Å². The molecule has 2 heterocycles. The Labute approximate surface area is 131 Å². The van der Waals surface area contributed by atoms with E-state index in [2.05, 4.69) is 34.2 Å². The summed E-state index contributed by atoms with van der Waals surface area (Å²) < 4.78 is 11.6. The second-order valence-electron chi connectivity index (χ2n) is 5.62. The molecule has 1 aliphatic rings. The molecule has 116 valence electrons. The smallest absolute Gasteiger partial charge is 0.157 e. The average Bonchev–Trinajstić information content (AvgIpc) is 2.61. The minimum absolute atomic E-state index is 0.0734. The number of hydrogen-bond acceptors (Lipinski definition) is 4. The summed E-state index contributed by atoms with van der Waals surface area (Å²) in [6, 6.07) is 12.3. The fraction of sp³-hybridized carbons (Fsp3) is 0.444. The van der Waals surface area contributed by atoms with Gasteiger partial charge >= 0.3 is 0 Å². The summed E-state index contributed by atoms with van der Waals surface area (Å²) in [5, 5.41) is 0. The molecule has 2 atom stereocenters. The molecule has 2 unspecified atom stereocenters. The Bertz CT molecular complexity index is 542. The Morgan fingerprint density at radius 1 is 1.09 bits per heavy atom. The van der Waals surface area contributed by atoms with Gasteiger partial charge in [0.25, 0.3) is 0 Å². The Hall–Kier alpha value is -1.78. The van der Waals surface area contributed by atoms with Gasteiger partial charge in [0.05, 0.1) is 6.61 Å². The van der Waals surface area contributed by atoms with Crippen molar-refractivity contribution in [1.29, 1.82) is 0 Å². The van der Waals surface area contributed by atoms with Gasteiger partial charge in [0, 0.05) is 24.9 Å². The highest BCUT2D eigenvalue weighted by atomic mass is 16.7. The van der Waals surface area contributed by atoms with Crippen LogP contribution in [0.3, 0.4) is 0 Å². The van der Waals surface area contributed by atoms with Gasteiger partial charge in [0.2, 0.25) is 0 Å². The quantitative estimate of drug-likeness (QED) is 0.820. The summed E-state index contributed by atoms with van der Waals surface area (Å²) in [5.41, 5.74) is 1.27. The van der Waals surface area contributed by atoms with Gasteiger partial charge in [0.15, 0.2) is 6.29 Å². The van der Waals surface area contributed by atoms with Crippen molar-refractivity contribution in [1.82, 2.24) is 9.97 Å². The van der Waals surface area contributed by atoms with Gasteiger partial charge in [-0.25, -0.2) is 9.97 Å². The number of aromatic nitrogens is 2. The monoisotopic (exact) mass is 298 g/mol. The minimum atomic E-state index is -0.0734. The Kier molecular flexibility index (Phi) is 5.51. The van der Waals surface area contributed by atoms with Crippen molar-refractivity contribution in [3.05, 3.63) is 60.2 Å². The maximum absolute atomic E-state index is 5.97. The lowest BCUT2D eigenvalue weighted by molar-refractivity contribution is -0.165. The highest BCUT2D eigenvalue weighted by Crippen LogP contribution is 2.21. The first-order chi connectivity index (χ1) is 10.9. The SMILES string of the molecule is c1ccc(CC(COC2CCCCO2)c2ncccn2)cc1. The van der Waals surface area contributed by atoms with Crippen molar-refractivity contribution in [3.63, 3.8) is 0 Å². The highest BCUT2D eigenvalue weighted by molar-refractivity contribution is 5.17. The second kappa shape index (κ2) is 8.01. The first-order valence-electron chi connectivity index (χ1n) is 7.96. The van der Waals surface area contributed by atoms with E-state index in [1.165, 1.54) is 12.0 Å². The third kappa shape index (κ3) is 4.36. The van der Waals surface area contributed by atoms with Crippen LogP contribution in [0.2, 0.25) is 0 Å². The normalized spacial score (nSPS) is 19.7. The molecule has 1 aromatic carbocycles. The molecule has 4 nitrogen and oxygen atoms in total. The van der Waals surface area contributed by atoms with Gasteiger partial charge in [-0.2, -0.15) is 0 Å². The van der Waals surface area contributed by atoms with E-state index in [-0.39, 0.29) is 12.2 Å². The molecule has 0 spiro atoms. The lowest BCUT2D eigenvalue weighted by Gasteiger charge is -2.25. The molecule has 0 bridgehead atoms. The largest absolute Gasteiger partial charge is 0.353 e. The molecule has 3 rings (SSSR count). The fourth-order valence-electron chi connectivity index (χ4n) is 2.71. The zero-order chi connectivity index (χ0) is 15.0. The van der Waals surface area contributed by atoms with Crippen LogP contribution in [-0.4, -0.2) is 29.5 Å². The number of hydrogen-bond donors (Lipinski definition) is 0. The minimum Gasteiger partial charge on any atom is -0.353 e. The zero-order valence-corrected chi connectivity index (χ0v) is 12.7. The third-order valence-corrected chi connectivity index (χ3v) is 3.90. The van der Waals surface area contributed by atoms with Crippen molar-refractivity contribution in [2.45, 2.75) is 37.9 Å². The van der Waals surface area contributed by atoms with Crippen LogP contribution < -0.4 is 0 Å². The summed E-state index contributed by atoms with van der Waals surface area (Å²) in [6.45, 7) is 1.39. The van der Waals surface area contributed by atoms with Crippen LogP contribution in [0.1, 0.15) is 36.6 Å². The van der Waals surface area contributed by atoms with E-state index in [0.717, 1.165) is 31.7 Å². The van der Waals surface area contributed by atoms with E-state index in [1.54, 1.807) is 12.4 Å². The molecular formula is C18H22N2O2. The highest BCUT2D eigenvalue weighted by Gasteiger charge is 2.20. The van der Waals surface area contributed by atoms with Crippen molar-refractivity contribution < 1.29 is 9.47 Å². The molecule has 0 aliphatic carbocycles. The molecule has 0 N–H and O–H groups in total.